The van der Waals surface area contributed by atoms with Crippen LogP contribution in [0.15, 0.2) is 47.8 Å². The number of thiophene rings is 1. The summed E-state index contributed by atoms with van der Waals surface area (Å²) in [7, 11) is 0. The first-order chi connectivity index (χ1) is 11.7. The Hall–Kier alpha value is -2.18. The summed E-state index contributed by atoms with van der Waals surface area (Å²) in [6, 6.07) is 12.7. The minimum Gasteiger partial charge on any atom is -0.353 e. The monoisotopic (exact) mass is 345 g/mol. The third-order valence-electron chi connectivity index (χ3n) is 3.50. The van der Waals surface area contributed by atoms with Gasteiger partial charge in [-0.25, -0.2) is 0 Å². The molecule has 0 bridgehead atoms. The molecule has 5 nitrogen and oxygen atoms in total. The average molecular weight is 345 g/mol. The van der Waals surface area contributed by atoms with Crippen molar-refractivity contribution in [3.63, 3.8) is 0 Å². The molecule has 0 saturated carbocycles. The summed E-state index contributed by atoms with van der Waals surface area (Å²) < 4.78 is 0. The van der Waals surface area contributed by atoms with E-state index in [1.807, 2.05) is 48.7 Å². The topological polar surface area (TPSA) is 70.2 Å². The lowest BCUT2D eigenvalue weighted by molar-refractivity contribution is -0.122. The molecule has 1 atom stereocenters. The van der Waals surface area contributed by atoms with Crippen LogP contribution in [0, 0.1) is 0 Å². The van der Waals surface area contributed by atoms with Crippen molar-refractivity contribution in [3.05, 3.63) is 58.3 Å². The molecular weight excluding hydrogens is 322 g/mol. The van der Waals surface area contributed by atoms with E-state index in [-0.39, 0.29) is 11.8 Å². The molecule has 0 aliphatic carbocycles. The standard InChI is InChI=1S/C18H23N3O2S/c1-2-19-10-11-20-17(22)15(13-14-7-4-3-5-8-14)21-18(23)16-9-6-12-24-16/h3-9,12,15,19H,2,10-11,13H2,1H3,(H,20,22)(H,21,23). The van der Waals surface area contributed by atoms with E-state index in [1.165, 1.54) is 11.3 Å². The maximum atomic E-state index is 12.5. The Bertz CT molecular complexity index is 629. The Balaban J connectivity index is 2.00. The van der Waals surface area contributed by atoms with Gasteiger partial charge in [0.1, 0.15) is 6.04 Å². The third kappa shape index (κ3) is 5.79. The van der Waals surface area contributed by atoms with E-state index in [4.69, 9.17) is 0 Å². The lowest BCUT2D eigenvalue weighted by atomic mass is 10.1. The Kier molecular flexibility index (Phi) is 7.45. The fourth-order valence-electron chi connectivity index (χ4n) is 2.27. The van der Waals surface area contributed by atoms with Gasteiger partial charge in [0.15, 0.2) is 0 Å². The summed E-state index contributed by atoms with van der Waals surface area (Å²) in [6.07, 6.45) is 0.463. The van der Waals surface area contributed by atoms with Crippen molar-refractivity contribution >= 4 is 23.2 Å². The molecule has 2 amide bonds. The number of benzene rings is 1. The first-order valence-corrected chi connectivity index (χ1v) is 8.95. The Labute approximate surface area is 146 Å². The highest BCUT2D eigenvalue weighted by molar-refractivity contribution is 7.12. The van der Waals surface area contributed by atoms with E-state index in [2.05, 4.69) is 16.0 Å². The molecule has 0 radical (unpaired) electrons. The van der Waals surface area contributed by atoms with Crippen LogP contribution >= 0.6 is 11.3 Å². The predicted octanol–water partition coefficient (Wildman–Crippen LogP) is 1.81. The van der Waals surface area contributed by atoms with E-state index in [0.717, 1.165) is 12.1 Å². The highest BCUT2D eigenvalue weighted by Gasteiger charge is 2.21. The first kappa shape index (κ1) is 18.2. The molecule has 1 unspecified atom stereocenters. The van der Waals surface area contributed by atoms with Gasteiger partial charge in [-0.15, -0.1) is 11.3 Å². The van der Waals surface area contributed by atoms with Crippen molar-refractivity contribution in [2.75, 3.05) is 19.6 Å². The summed E-state index contributed by atoms with van der Waals surface area (Å²) in [5, 5.41) is 10.7. The lowest BCUT2D eigenvalue weighted by Gasteiger charge is -2.18. The van der Waals surface area contributed by atoms with Gasteiger partial charge in [0, 0.05) is 19.5 Å². The maximum absolute atomic E-state index is 12.5. The van der Waals surface area contributed by atoms with Crippen molar-refractivity contribution in [1.29, 1.82) is 0 Å². The van der Waals surface area contributed by atoms with Gasteiger partial charge in [-0.05, 0) is 23.6 Å². The largest absolute Gasteiger partial charge is 0.353 e. The quantitative estimate of drug-likeness (QED) is 0.607. The fourth-order valence-corrected chi connectivity index (χ4v) is 2.90. The Morgan fingerprint density at radius 1 is 1.08 bits per heavy atom. The van der Waals surface area contributed by atoms with Crippen LogP contribution in [0.2, 0.25) is 0 Å². The molecule has 128 valence electrons. The maximum Gasteiger partial charge on any atom is 0.262 e. The number of hydrogen-bond donors (Lipinski definition) is 3. The van der Waals surface area contributed by atoms with Gasteiger partial charge in [0.25, 0.3) is 5.91 Å². The summed E-state index contributed by atoms with van der Waals surface area (Å²) in [6.45, 7) is 4.12. The van der Waals surface area contributed by atoms with Crippen LogP contribution in [0.3, 0.4) is 0 Å². The van der Waals surface area contributed by atoms with Crippen LogP contribution in [-0.4, -0.2) is 37.5 Å². The van der Waals surface area contributed by atoms with Crippen LogP contribution in [0.25, 0.3) is 0 Å². The molecule has 0 spiro atoms. The first-order valence-electron chi connectivity index (χ1n) is 8.07. The molecule has 0 fully saturated rings. The van der Waals surface area contributed by atoms with Crippen LogP contribution in [0.4, 0.5) is 0 Å². The number of rotatable bonds is 9. The van der Waals surface area contributed by atoms with Gasteiger partial charge in [0.05, 0.1) is 4.88 Å². The highest BCUT2D eigenvalue weighted by atomic mass is 32.1. The van der Waals surface area contributed by atoms with Crippen molar-refractivity contribution in [3.8, 4) is 0 Å². The van der Waals surface area contributed by atoms with Gasteiger partial charge in [-0.3, -0.25) is 9.59 Å². The zero-order chi connectivity index (χ0) is 17.2. The molecule has 2 rings (SSSR count). The van der Waals surface area contributed by atoms with E-state index in [9.17, 15) is 9.59 Å². The van der Waals surface area contributed by atoms with E-state index < -0.39 is 6.04 Å². The Morgan fingerprint density at radius 2 is 1.88 bits per heavy atom. The molecule has 6 heteroatoms. The van der Waals surface area contributed by atoms with Gasteiger partial charge in [-0.2, -0.15) is 0 Å². The SMILES string of the molecule is CCNCCNC(=O)C(Cc1ccccc1)NC(=O)c1cccs1. The third-order valence-corrected chi connectivity index (χ3v) is 4.37. The number of nitrogens with one attached hydrogen (secondary N) is 3. The number of hydrogen-bond acceptors (Lipinski definition) is 4. The molecule has 0 aliphatic heterocycles. The van der Waals surface area contributed by atoms with Crippen LogP contribution < -0.4 is 16.0 Å². The normalized spacial score (nSPS) is 11.7. The second-order valence-corrected chi connectivity index (χ2v) is 6.29. The van der Waals surface area contributed by atoms with Gasteiger partial charge < -0.3 is 16.0 Å². The number of amides is 2. The van der Waals surface area contributed by atoms with E-state index in [1.54, 1.807) is 6.07 Å². The molecule has 0 aliphatic rings. The van der Waals surface area contributed by atoms with Crippen molar-refractivity contribution in [2.24, 2.45) is 0 Å². The van der Waals surface area contributed by atoms with E-state index in [0.29, 0.717) is 24.4 Å². The summed E-state index contributed by atoms with van der Waals surface area (Å²) >= 11 is 1.36. The van der Waals surface area contributed by atoms with Crippen molar-refractivity contribution < 1.29 is 9.59 Å². The summed E-state index contributed by atoms with van der Waals surface area (Å²) in [5.41, 5.74) is 1.01. The summed E-state index contributed by atoms with van der Waals surface area (Å²) in [5.74, 6) is -0.380. The molecular formula is C18H23N3O2S. The highest BCUT2D eigenvalue weighted by Crippen LogP contribution is 2.10. The fraction of sp³-hybridized carbons (Fsp3) is 0.333. The van der Waals surface area contributed by atoms with Crippen molar-refractivity contribution in [1.82, 2.24) is 16.0 Å². The molecule has 24 heavy (non-hydrogen) atoms. The van der Waals surface area contributed by atoms with E-state index >= 15 is 0 Å². The van der Waals surface area contributed by atoms with Gasteiger partial charge >= 0.3 is 0 Å². The van der Waals surface area contributed by atoms with Gasteiger partial charge in [0.2, 0.25) is 5.91 Å². The second kappa shape index (κ2) is 9.85. The molecule has 1 aromatic heterocycles. The number of carbonyl (C=O) groups is 2. The number of likely N-dealkylation sites (N-methyl/N-ethyl adjacent to an activating group) is 1. The smallest absolute Gasteiger partial charge is 0.262 e. The van der Waals surface area contributed by atoms with Crippen LogP contribution in [-0.2, 0) is 11.2 Å². The average Bonchev–Trinajstić information content (AvgIpc) is 3.13. The second-order valence-electron chi connectivity index (χ2n) is 5.34. The molecule has 0 saturated heterocycles. The summed E-state index contributed by atoms with van der Waals surface area (Å²) in [4.78, 5) is 25.4. The van der Waals surface area contributed by atoms with Crippen LogP contribution in [0.5, 0.6) is 0 Å². The minimum absolute atomic E-state index is 0.165. The molecule has 1 heterocycles. The van der Waals surface area contributed by atoms with Crippen molar-refractivity contribution in [2.45, 2.75) is 19.4 Å². The van der Waals surface area contributed by atoms with Gasteiger partial charge in [-0.1, -0.05) is 43.3 Å². The number of carbonyl (C=O) groups excluding carboxylic acids is 2. The zero-order valence-corrected chi connectivity index (χ0v) is 14.6. The molecule has 1 aromatic carbocycles. The molecule has 3 N–H and O–H groups in total. The minimum atomic E-state index is -0.594. The lowest BCUT2D eigenvalue weighted by Crippen LogP contribution is -2.49. The zero-order valence-electron chi connectivity index (χ0n) is 13.7. The van der Waals surface area contributed by atoms with Crippen LogP contribution in [0.1, 0.15) is 22.2 Å². The predicted molar refractivity (Wildman–Crippen MR) is 97.3 cm³/mol. The Morgan fingerprint density at radius 3 is 2.54 bits per heavy atom. The molecule has 2 aromatic rings.